The zero-order valence-corrected chi connectivity index (χ0v) is 14.7. The van der Waals surface area contributed by atoms with Crippen LogP contribution in [0.3, 0.4) is 0 Å². The molecule has 26 heavy (non-hydrogen) atoms. The molecule has 8 heteroatoms. The van der Waals surface area contributed by atoms with Crippen LogP contribution in [0.1, 0.15) is 16.2 Å². The first-order valence-electron chi connectivity index (χ1n) is 7.90. The summed E-state index contributed by atoms with van der Waals surface area (Å²) in [6.07, 6.45) is 0. The van der Waals surface area contributed by atoms with E-state index >= 15 is 0 Å². The summed E-state index contributed by atoms with van der Waals surface area (Å²) in [5, 5.41) is 11.1. The predicted molar refractivity (Wildman–Crippen MR) is 96.2 cm³/mol. The number of nitrogens with zero attached hydrogens (tertiary/aromatic N) is 4. The van der Waals surface area contributed by atoms with Gasteiger partial charge in [-0.1, -0.05) is 12.1 Å². The van der Waals surface area contributed by atoms with Gasteiger partial charge in [-0.05, 0) is 24.3 Å². The van der Waals surface area contributed by atoms with E-state index in [4.69, 9.17) is 4.74 Å². The number of imidazole rings is 1. The Kier molecular flexibility index (Phi) is 4.57. The fourth-order valence-electron chi connectivity index (χ4n) is 2.81. The zero-order valence-electron chi connectivity index (χ0n) is 14.7. The molecule has 134 valence electrons. The Balaban J connectivity index is 1.86. The molecule has 0 atom stereocenters. The zero-order chi connectivity index (χ0) is 18.8. The van der Waals surface area contributed by atoms with Crippen molar-refractivity contribution in [1.29, 1.82) is 0 Å². The number of nitro groups is 1. The van der Waals surface area contributed by atoms with E-state index in [1.54, 1.807) is 7.05 Å². The van der Waals surface area contributed by atoms with Crippen molar-refractivity contribution >= 4 is 22.6 Å². The lowest BCUT2D eigenvalue weighted by Gasteiger charge is -2.17. The number of aryl methyl sites for hydroxylation is 1. The van der Waals surface area contributed by atoms with Crippen molar-refractivity contribution in [1.82, 2.24) is 14.5 Å². The van der Waals surface area contributed by atoms with Crippen LogP contribution in [-0.4, -0.2) is 39.4 Å². The van der Waals surface area contributed by atoms with Crippen molar-refractivity contribution in [3.8, 4) is 5.75 Å². The highest BCUT2D eigenvalue weighted by molar-refractivity contribution is 5.95. The minimum Gasteiger partial charge on any atom is -0.490 e. The number of ether oxygens (including phenoxy) is 1. The van der Waals surface area contributed by atoms with Crippen LogP contribution in [0.5, 0.6) is 5.75 Å². The number of hydrogen-bond acceptors (Lipinski definition) is 5. The Morgan fingerprint density at radius 2 is 2.04 bits per heavy atom. The molecule has 1 aromatic heterocycles. The highest BCUT2D eigenvalue weighted by atomic mass is 16.6. The monoisotopic (exact) mass is 354 g/mol. The number of carbonyl (C=O) groups excluding carboxylic acids is 1. The number of hydrogen-bond donors (Lipinski definition) is 0. The van der Waals surface area contributed by atoms with Gasteiger partial charge >= 0.3 is 5.69 Å². The van der Waals surface area contributed by atoms with Gasteiger partial charge in [0.15, 0.2) is 5.75 Å². The second kappa shape index (κ2) is 6.83. The third-order valence-corrected chi connectivity index (χ3v) is 4.23. The molecule has 0 bridgehead atoms. The van der Waals surface area contributed by atoms with Gasteiger partial charge in [-0.3, -0.25) is 14.9 Å². The molecule has 0 saturated carbocycles. The summed E-state index contributed by atoms with van der Waals surface area (Å²) in [6, 6.07) is 11.9. The smallest absolute Gasteiger partial charge is 0.311 e. The Labute approximate surface area is 149 Å². The number of rotatable bonds is 5. The highest BCUT2D eigenvalue weighted by Crippen LogP contribution is 2.28. The number of carbonyl (C=O) groups is 1. The number of nitro benzene ring substituents is 1. The molecule has 0 N–H and O–H groups in total. The van der Waals surface area contributed by atoms with Crippen molar-refractivity contribution in [2.75, 3.05) is 14.2 Å². The fraction of sp³-hybridized carbons (Fsp3) is 0.222. The van der Waals surface area contributed by atoms with Gasteiger partial charge in [-0.15, -0.1) is 0 Å². The first kappa shape index (κ1) is 17.4. The second-order valence-corrected chi connectivity index (χ2v) is 5.88. The lowest BCUT2D eigenvalue weighted by atomic mass is 10.1. The van der Waals surface area contributed by atoms with Gasteiger partial charge in [0.05, 0.1) is 29.6 Å². The maximum absolute atomic E-state index is 12.7. The first-order chi connectivity index (χ1) is 12.4. The summed E-state index contributed by atoms with van der Waals surface area (Å²) < 4.78 is 6.89. The van der Waals surface area contributed by atoms with Gasteiger partial charge in [0.25, 0.3) is 5.91 Å². The Morgan fingerprint density at radius 1 is 1.31 bits per heavy atom. The number of methoxy groups -OCH3 is 1. The van der Waals surface area contributed by atoms with E-state index in [1.165, 1.54) is 30.2 Å². The minimum atomic E-state index is -0.568. The molecule has 0 unspecified atom stereocenters. The molecule has 1 amide bonds. The standard InChI is InChI=1S/C18H18N4O4/c1-20(11-17-19-13-6-4-5-7-14(13)21(17)2)18(23)12-8-9-16(26-3)15(10-12)22(24)25/h4-10H,11H2,1-3H3. The van der Waals surface area contributed by atoms with Crippen LogP contribution in [0.25, 0.3) is 11.0 Å². The number of para-hydroxylation sites is 2. The molecule has 0 aliphatic heterocycles. The van der Waals surface area contributed by atoms with Gasteiger partial charge in [0.1, 0.15) is 5.82 Å². The SMILES string of the molecule is COc1ccc(C(=O)N(C)Cc2nc3ccccc3n2C)cc1[N+](=O)[O-]. The number of aromatic nitrogens is 2. The normalized spacial score (nSPS) is 10.7. The van der Waals surface area contributed by atoms with E-state index in [0.29, 0.717) is 0 Å². The van der Waals surface area contributed by atoms with Gasteiger partial charge in [0.2, 0.25) is 0 Å². The summed E-state index contributed by atoms with van der Waals surface area (Å²) >= 11 is 0. The Bertz CT molecular complexity index is 996. The topological polar surface area (TPSA) is 90.5 Å². The average molecular weight is 354 g/mol. The van der Waals surface area contributed by atoms with E-state index in [9.17, 15) is 14.9 Å². The number of amides is 1. The molecular weight excluding hydrogens is 336 g/mol. The van der Waals surface area contributed by atoms with E-state index in [-0.39, 0.29) is 29.5 Å². The second-order valence-electron chi connectivity index (χ2n) is 5.88. The van der Waals surface area contributed by atoms with Crippen molar-refractivity contribution < 1.29 is 14.5 Å². The molecule has 0 aliphatic carbocycles. The third kappa shape index (κ3) is 3.08. The van der Waals surface area contributed by atoms with Crippen molar-refractivity contribution in [3.63, 3.8) is 0 Å². The molecule has 0 saturated heterocycles. The van der Waals surface area contributed by atoms with Crippen LogP contribution >= 0.6 is 0 Å². The maximum atomic E-state index is 12.7. The van der Waals surface area contributed by atoms with E-state index < -0.39 is 4.92 Å². The van der Waals surface area contributed by atoms with Gasteiger partial charge < -0.3 is 14.2 Å². The molecule has 8 nitrogen and oxygen atoms in total. The summed E-state index contributed by atoms with van der Waals surface area (Å²) in [6.45, 7) is 0.282. The Hall–Kier alpha value is -3.42. The molecule has 3 aromatic rings. The summed E-state index contributed by atoms with van der Waals surface area (Å²) in [5.74, 6) is 0.512. The van der Waals surface area contributed by atoms with Gasteiger partial charge in [0, 0.05) is 25.7 Å². The molecular formula is C18H18N4O4. The quantitative estimate of drug-likeness (QED) is 0.519. The first-order valence-corrected chi connectivity index (χ1v) is 7.90. The highest BCUT2D eigenvalue weighted by Gasteiger charge is 2.21. The molecule has 0 spiro atoms. The molecule has 3 rings (SSSR count). The van der Waals surface area contributed by atoms with Gasteiger partial charge in [-0.25, -0.2) is 4.98 Å². The van der Waals surface area contributed by atoms with E-state index in [1.807, 2.05) is 35.9 Å². The van der Waals surface area contributed by atoms with Crippen LogP contribution in [0.15, 0.2) is 42.5 Å². The van der Waals surface area contributed by atoms with E-state index in [2.05, 4.69) is 4.98 Å². The molecule has 2 aromatic carbocycles. The summed E-state index contributed by atoms with van der Waals surface area (Å²) in [4.78, 5) is 29.3. The molecule has 0 aliphatic rings. The van der Waals surface area contributed by atoms with Crippen molar-refractivity contribution in [2.24, 2.45) is 7.05 Å². The maximum Gasteiger partial charge on any atom is 0.311 e. The van der Waals surface area contributed by atoms with Crippen LogP contribution < -0.4 is 4.74 Å². The molecule has 1 heterocycles. The number of benzene rings is 2. The van der Waals surface area contributed by atoms with Crippen LogP contribution in [0.4, 0.5) is 5.69 Å². The molecule has 0 radical (unpaired) electrons. The summed E-state index contributed by atoms with van der Waals surface area (Å²) in [5.41, 5.74) is 1.81. The average Bonchev–Trinajstić information content (AvgIpc) is 2.96. The van der Waals surface area contributed by atoms with Crippen LogP contribution in [0.2, 0.25) is 0 Å². The largest absolute Gasteiger partial charge is 0.490 e. The minimum absolute atomic E-state index is 0.115. The van der Waals surface area contributed by atoms with Crippen molar-refractivity contribution in [3.05, 3.63) is 64.0 Å². The van der Waals surface area contributed by atoms with Crippen LogP contribution in [0, 0.1) is 10.1 Å². The third-order valence-electron chi connectivity index (χ3n) is 4.23. The van der Waals surface area contributed by atoms with Crippen LogP contribution in [-0.2, 0) is 13.6 Å². The lowest BCUT2D eigenvalue weighted by molar-refractivity contribution is -0.385. The summed E-state index contributed by atoms with van der Waals surface area (Å²) in [7, 11) is 4.88. The van der Waals surface area contributed by atoms with Gasteiger partial charge in [-0.2, -0.15) is 0 Å². The number of fused-ring (bicyclic) bond motifs is 1. The Morgan fingerprint density at radius 3 is 2.69 bits per heavy atom. The fourth-order valence-corrected chi connectivity index (χ4v) is 2.81. The lowest BCUT2D eigenvalue weighted by Crippen LogP contribution is -2.27. The molecule has 0 fully saturated rings. The van der Waals surface area contributed by atoms with E-state index in [0.717, 1.165) is 16.9 Å². The predicted octanol–water partition coefficient (Wildman–Crippen LogP) is 2.76. The van der Waals surface area contributed by atoms with Crippen molar-refractivity contribution in [2.45, 2.75) is 6.54 Å².